The van der Waals surface area contributed by atoms with Crippen LogP contribution >= 0.6 is 0 Å². The molecule has 0 bridgehead atoms. The van der Waals surface area contributed by atoms with Crippen molar-refractivity contribution in [2.24, 2.45) is 0 Å². The topological polar surface area (TPSA) is 74.0 Å². The van der Waals surface area contributed by atoms with Gasteiger partial charge in [0.25, 0.3) is 0 Å². The predicted octanol–water partition coefficient (Wildman–Crippen LogP) is -0.810. The molecule has 0 aliphatic rings. The Hall–Kier alpha value is -0.820. The molecule has 13 heavy (non-hydrogen) atoms. The number of nitrogens with zero attached hydrogens (tertiary/aromatic N) is 2. The molecule has 7 heteroatoms. The molecular formula is C6H8N2O3S2. The molecule has 1 aromatic rings. The second-order valence-corrected chi connectivity index (χ2v) is 4.94. The van der Waals surface area contributed by atoms with Crippen molar-refractivity contribution in [3.8, 4) is 0 Å². The van der Waals surface area contributed by atoms with Gasteiger partial charge in [0, 0.05) is 23.7 Å². The van der Waals surface area contributed by atoms with Gasteiger partial charge in [-0.25, -0.2) is 4.21 Å². The zero-order valence-electron chi connectivity index (χ0n) is 7.09. The average molecular weight is 220 g/mol. The molecule has 0 N–H and O–H groups in total. The first-order valence-electron chi connectivity index (χ1n) is 3.30. The lowest BCUT2D eigenvalue weighted by molar-refractivity contribution is -0.710. The first-order chi connectivity index (χ1) is 6.02. The first kappa shape index (κ1) is 10.3. The molecule has 0 spiro atoms. The molecule has 5 nitrogen and oxygen atoms in total. The van der Waals surface area contributed by atoms with Crippen molar-refractivity contribution in [2.75, 3.05) is 12.5 Å². The summed E-state index contributed by atoms with van der Waals surface area (Å²) in [7, 11) is -2.66. The van der Waals surface area contributed by atoms with E-state index in [1.165, 1.54) is 24.6 Å². The van der Waals surface area contributed by atoms with Gasteiger partial charge in [-0.1, -0.05) is 0 Å². The second kappa shape index (κ2) is 3.93. The number of aromatic nitrogens is 2. The predicted molar refractivity (Wildman–Crippen MR) is 47.9 cm³/mol. The van der Waals surface area contributed by atoms with Crippen LogP contribution in [0.3, 0.4) is 0 Å². The molecule has 1 heterocycles. The van der Waals surface area contributed by atoms with Gasteiger partial charge in [-0.05, 0) is 10.9 Å². The van der Waals surface area contributed by atoms with E-state index in [0.29, 0.717) is 0 Å². The molecule has 0 saturated heterocycles. The average Bonchev–Trinajstić information content (AvgIpc) is 2.03. The van der Waals surface area contributed by atoms with E-state index >= 15 is 0 Å². The highest BCUT2D eigenvalue weighted by atomic mass is 32.2. The van der Waals surface area contributed by atoms with Crippen molar-refractivity contribution in [1.29, 1.82) is 0 Å². The zero-order valence-corrected chi connectivity index (χ0v) is 8.72. The van der Waals surface area contributed by atoms with Crippen LogP contribution in [0.2, 0.25) is 0 Å². The quantitative estimate of drug-likeness (QED) is 0.482. The fourth-order valence-electron chi connectivity index (χ4n) is 0.738. The molecule has 0 aliphatic heterocycles. The van der Waals surface area contributed by atoms with Crippen LogP contribution in [0.5, 0.6) is 0 Å². The number of hydrogen-bond donors (Lipinski definition) is 0. The fraction of sp³-hybridized carbons (Fsp3) is 0.333. The van der Waals surface area contributed by atoms with Crippen molar-refractivity contribution in [3.05, 3.63) is 17.3 Å². The smallest absolute Gasteiger partial charge is 0.308 e. The number of hydrogen-bond acceptors (Lipinski definition) is 4. The minimum absolute atomic E-state index is 0.0641. The van der Waals surface area contributed by atoms with Gasteiger partial charge >= 0.3 is 5.03 Å². The van der Waals surface area contributed by atoms with Gasteiger partial charge in [-0.15, -0.1) is 0 Å². The normalized spacial score (nSPS) is 15.2. The van der Waals surface area contributed by atoms with Crippen LogP contribution < -0.4 is 4.85 Å². The van der Waals surface area contributed by atoms with Crippen LogP contribution in [0.25, 0.3) is 0 Å². The Morgan fingerprint density at radius 1 is 1.31 bits per heavy atom. The summed E-state index contributed by atoms with van der Waals surface area (Å²) in [6.45, 7) is 0. The molecule has 72 valence electrons. The van der Waals surface area contributed by atoms with Gasteiger partial charge in [0.1, 0.15) is 10.8 Å². The molecule has 1 aromatic heterocycles. The largest absolute Gasteiger partial charge is 0.593 e. The molecule has 0 radical (unpaired) electrons. The van der Waals surface area contributed by atoms with Gasteiger partial charge in [-0.2, -0.15) is 0 Å². The van der Waals surface area contributed by atoms with Gasteiger partial charge in [0.15, 0.2) is 5.03 Å². The van der Waals surface area contributed by atoms with Crippen molar-refractivity contribution in [1.82, 2.24) is 5.10 Å². The summed E-state index contributed by atoms with van der Waals surface area (Å²) in [6, 6.07) is 2.80. The van der Waals surface area contributed by atoms with Crippen LogP contribution in [-0.4, -0.2) is 26.0 Å². The summed E-state index contributed by atoms with van der Waals surface area (Å²) in [4.78, 5) is 0.243. The fourth-order valence-corrected chi connectivity index (χ4v) is 1.71. The summed E-state index contributed by atoms with van der Waals surface area (Å²) in [5.74, 6) is 0. The lowest BCUT2D eigenvalue weighted by Gasteiger charge is -1.99. The molecule has 0 amide bonds. The first-order valence-corrected chi connectivity index (χ1v) is 6.41. The van der Waals surface area contributed by atoms with Gasteiger partial charge in [0.05, 0.1) is 10.8 Å². The van der Waals surface area contributed by atoms with Crippen LogP contribution in [0, 0.1) is 5.21 Å². The monoisotopic (exact) mass is 220 g/mol. The van der Waals surface area contributed by atoms with E-state index in [1.54, 1.807) is 0 Å². The van der Waals surface area contributed by atoms with Crippen molar-refractivity contribution in [2.45, 2.75) is 10.1 Å². The summed E-state index contributed by atoms with van der Waals surface area (Å²) >= 11 is 0. The SMILES string of the molecule is CS(=O)c1ccc(S(C)=O)[n+]([O-])n1. The summed E-state index contributed by atoms with van der Waals surface area (Å²) in [5.41, 5.74) is 0. The van der Waals surface area contributed by atoms with E-state index in [0.717, 1.165) is 0 Å². The Bertz CT molecular complexity index is 380. The lowest BCUT2D eigenvalue weighted by atomic mass is 10.6. The molecule has 0 aliphatic carbocycles. The molecule has 2 atom stereocenters. The van der Waals surface area contributed by atoms with E-state index in [2.05, 4.69) is 5.10 Å². The van der Waals surface area contributed by atoms with E-state index in [9.17, 15) is 13.6 Å². The maximum Gasteiger partial charge on any atom is 0.308 e. The minimum atomic E-state index is -1.37. The molecule has 0 aromatic carbocycles. The number of rotatable bonds is 2. The van der Waals surface area contributed by atoms with Crippen LogP contribution in [0.1, 0.15) is 0 Å². The molecule has 1 rings (SSSR count). The summed E-state index contributed by atoms with van der Waals surface area (Å²) < 4.78 is 21.8. The van der Waals surface area contributed by atoms with E-state index in [1.807, 2.05) is 0 Å². The molecule has 0 fully saturated rings. The zero-order chi connectivity index (χ0) is 10.0. The summed E-state index contributed by atoms with van der Waals surface area (Å²) in [5, 5.41) is 14.8. The maximum absolute atomic E-state index is 11.1. The van der Waals surface area contributed by atoms with E-state index in [4.69, 9.17) is 0 Å². The molecular weight excluding hydrogens is 212 g/mol. The van der Waals surface area contributed by atoms with E-state index < -0.39 is 21.6 Å². The molecule has 2 unspecified atom stereocenters. The van der Waals surface area contributed by atoms with Crippen LogP contribution in [-0.2, 0) is 21.6 Å². The summed E-state index contributed by atoms with van der Waals surface area (Å²) in [6.07, 6.45) is 2.80. The Balaban J connectivity index is 3.20. The van der Waals surface area contributed by atoms with E-state index in [-0.39, 0.29) is 14.9 Å². The third kappa shape index (κ3) is 2.31. The highest BCUT2D eigenvalue weighted by molar-refractivity contribution is 7.84. The highest BCUT2D eigenvalue weighted by Gasteiger charge is 2.13. The standard InChI is InChI=1S/C6H8N2O3S2/c1-12(10)5-3-4-6(13(2)11)8(9)7-5/h3-4H,1-2H3. The van der Waals surface area contributed by atoms with Gasteiger partial charge in [-0.3, -0.25) is 4.21 Å². The Morgan fingerprint density at radius 3 is 2.31 bits per heavy atom. The third-order valence-corrected chi connectivity index (χ3v) is 3.02. The maximum atomic E-state index is 11.1. The third-order valence-electron chi connectivity index (χ3n) is 1.34. The Labute approximate surface area is 80.3 Å². The minimum Gasteiger partial charge on any atom is -0.593 e. The van der Waals surface area contributed by atoms with Crippen molar-refractivity contribution >= 4 is 21.6 Å². The Morgan fingerprint density at radius 2 is 1.92 bits per heavy atom. The van der Waals surface area contributed by atoms with Crippen molar-refractivity contribution < 1.29 is 13.3 Å². The van der Waals surface area contributed by atoms with Gasteiger partial charge < -0.3 is 5.21 Å². The van der Waals surface area contributed by atoms with Crippen molar-refractivity contribution in [3.63, 3.8) is 0 Å². The van der Waals surface area contributed by atoms with Crippen LogP contribution in [0.4, 0.5) is 0 Å². The highest BCUT2D eigenvalue weighted by Crippen LogP contribution is 2.01. The Kier molecular flexibility index (Phi) is 3.10. The molecule has 0 saturated carbocycles. The second-order valence-electron chi connectivity index (χ2n) is 2.29. The van der Waals surface area contributed by atoms with Crippen LogP contribution in [0.15, 0.2) is 22.2 Å². The van der Waals surface area contributed by atoms with Gasteiger partial charge in [0.2, 0.25) is 0 Å². The lowest BCUT2D eigenvalue weighted by Crippen LogP contribution is -2.37.